The Hall–Kier alpha value is -2.63. The lowest BCUT2D eigenvalue weighted by Crippen LogP contribution is -2.23. The first-order valence-corrected chi connectivity index (χ1v) is 7.33. The van der Waals surface area contributed by atoms with Crippen molar-refractivity contribution in [3.8, 4) is 0 Å². The van der Waals surface area contributed by atoms with Crippen molar-refractivity contribution in [1.29, 1.82) is 0 Å². The van der Waals surface area contributed by atoms with Crippen molar-refractivity contribution in [2.24, 2.45) is 0 Å². The quantitative estimate of drug-likeness (QED) is 0.732. The minimum atomic E-state index is 0.00212. The molecule has 0 spiro atoms. The van der Waals surface area contributed by atoms with Crippen LogP contribution < -0.4 is 5.32 Å². The van der Waals surface area contributed by atoms with Gasteiger partial charge in [0.2, 0.25) is 11.8 Å². The van der Waals surface area contributed by atoms with Crippen LogP contribution >= 0.6 is 0 Å². The first-order valence-electron chi connectivity index (χ1n) is 7.33. The Morgan fingerprint density at radius 3 is 3.05 bits per heavy atom. The van der Waals surface area contributed by atoms with Gasteiger partial charge >= 0.3 is 0 Å². The number of benzene rings is 1. The zero-order valence-electron chi connectivity index (χ0n) is 12.4. The summed E-state index contributed by atoms with van der Waals surface area (Å²) < 4.78 is 4.85. The van der Waals surface area contributed by atoms with Gasteiger partial charge in [0, 0.05) is 30.4 Å². The molecule has 0 radical (unpaired) electrons. The number of aryl methyl sites for hydroxylation is 2. The second-order valence-electron chi connectivity index (χ2n) is 5.22. The molecule has 0 fully saturated rings. The van der Waals surface area contributed by atoms with Crippen LogP contribution in [0.1, 0.15) is 30.1 Å². The number of hydrogen-bond donors (Lipinski definition) is 2. The maximum atomic E-state index is 11.8. The summed E-state index contributed by atoms with van der Waals surface area (Å²) in [6, 6.07) is 8.19. The number of nitrogens with zero attached hydrogens (tertiary/aromatic N) is 2. The molecule has 3 aromatic rings. The fourth-order valence-corrected chi connectivity index (χ4v) is 2.46. The van der Waals surface area contributed by atoms with Crippen molar-refractivity contribution in [2.75, 3.05) is 0 Å². The molecule has 2 N–H and O–H groups in total. The second-order valence-corrected chi connectivity index (χ2v) is 5.22. The Balaban J connectivity index is 1.45. The van der Waals surface area contributed by atoms with Crippen LogP contribution in [0.3, 0.4) is 0 Å². The Morgan fingerprint density at radius 2 is 2.23 bits per heavy atom. The van der Waals surface area contributed by atoms with Crippen LogP contribution in [-0.4, -0.2) is 21.0 Å². The van der Waals surface area contributed by atoms with Crippen molar-refractivity contribution in [2.45, 2.75) is 32.7 Å². The monoisotopic (exact) mass is 298 g/mol. The van der Waals surface area contributed by atoms with Crippen molar-refractivity contribution < 1.29 is 9.32 Å². The summed E-state index contributed by atoms with van der Waals surface area (Å²) in [5.74, 6) is 1.01. The molecule has 0 unspecified atom stereocenters. The van der Waals surface area contributed by atoms with Crippen LogP contribution in [0.25, 0.3) is 10.9 Å². The van der Waals surface area contributed by atoms with E-state index in [-0.39, 0.29) is 5.91 Å². The molecule has 2 heterocycles. The number of aromatic nitrogens is 3. The van der Waals surface area contributed by atoms with Crippen LogP contribution in [-0.2, 0) is 17.8 Å². The molecule has 0 aliphatic rings. The van der Waals surface area contributed by atoms with Gasteiger partial charge in [-0.15, -0.1) is 0 Å². The van der Waals surface area contributed by atoms with Gasteiger partial charge in [-0.05, 0) is 24.5 Å². The van der Waals surface area contributed by atoms with E-state index in [4.69, 9.17) is 4.52 Å². The zero-order chi connectivity index (χ0) is 15.4. The summed E-state index contributed by atoms with van der Waals surface area (Å²) in [7, 11) is 0. The largest absolute Gasteiger partial charge is 0.361 e. The summed E-state index contributed by atoms with van der Waals surface area (Å²) in [4.78, 5) is 19.1. The number of carbonyl (C=O) groups excluding carboxylic acids is 1. The highest BCUT2D eigenvalue weighted by Gasteiger charge is 2.07. The molecule has 0 aliphatic heterocycles. The number of carbonyl (C=O) groups is 1. The van der Waals surface area contributed by atoms with Crippen molar-refractivity contribution in [3.63, 3.8) is 0 Å². The lowest BCUT2D eigenvalue weighted by atomic mass is 10.1. The number of aromatic amines is 1. The van der Waals surface area contributed by atoms with Gasteiger partial charge in [-0.1, -0.05) is 23.4 Å². The Bertz CT molecular complexity index is 775. The van der Waals surface area contributed by atoms with Crippen LogP contribution in [0.15, 0.2) is 35.0 Å². The van der Waals surface area contributed by atoms with E-state index in [1.165, 1.54) is 10.9 Å². The number of amides is 1. The molecule has 0 saturated heterocycles. The maximum Gasteiger partial charge on any atom is 0.223 e. The number of H-pyrrole nitrogens is 1. The van der Waals surface area contributed by atoms with Crippen molar-refractivity contribution in [1.82, 2.24) is 20.4 Å². The predicted octanol–water partition coefficient (Wildman–Crippen LogP) is 2.50. The zero-order valence-corrected chi connectivity index (χ0v) is 12.4. The molecule has 6 heteroatoms. The molecule has 2 aromatic heterocycles. The van der Waals surface area contributed by atoms with Gasteiger partial charge < -0.3 is 14.8 Å². The smallest absolute Gasteiger partial charge is 0.223 e. The standard InChI is InChI=1S/C16H18N4O2/c1-11-19-15(20-22-11)10-18-16(21)8-4-5-12-9-17-14-7-3-2-6-13(12)14/h2-3,6-7,9,17H,4-5,8,10H2,1H3,(H,18,21). The highest BCUT2D eigenvalue weighted by atomic mass is 16.5. The summed E-state index contributed by atoms with van der Waals surface area (Å²) >= 11 is 0. The van der Waals surface area contributed by atoms with Crippen molar-refractivity contribution >= 4 is 16.8 Å². The van der Waals surface area contributed by atoms with E-state index in [1.807, 2.05) is 18.3 Å². The fraction of sp³-hybridized carbons (Fsp3) is 0.312. The fourth-order valence-electron chi connectivity index (χ4n) is 2.46. The highest BCUT2D eigenvalue weighted by molar-refractivity contribution is 5.83. The third kappa shape index (κ3) is 3.33. The van der Waals surface area contributed by atoms with E-state index in [2.05, 4.69) is 32.6 Å². The number of rotatable bonds is 6. The third-order valence-corrected chi connectivity index (χ3v) is 3.54. The Labute approximate surface area is 127 Å². The van der Waals surface area contributed by atoms with Gasteiger partial charge in [-0.25, -0.2) is 0 Å². The van der Waals surface area contributed by atoms with Gasteiger partial charge in [0.25, 0.3) is 0 Å². The van der Waals surface area contributed by atoms with Crippen molar-refractivity contribution in [3.05, 3.63) is 47.7 Å². The molecule has 3 rings (SSSR count). The molecular weight excluding hydrogens is 280 g/mol. The average molecular weight is 298 g/mol. The molecule has 0 atom stereocenters. The summed E-state index contributed by atoms with van der Waals surface area (Å²) in [5.41, 5.74) is 2.38. The highest BCUT2D eigenvalue weighted by Crippen LogP contribution is 2.19. The van der Waals surface area contributed by atoms with E-state index >= 15 is 0 Å². The lowest BCUT2D eigenvalue weighted by Gasteiger charge is -2.02. The molecule has 22 heavy (non-hydrogen) atoms. The first kappa shape index (κ1) is 14.3. The minimum absolute atomic E-state index is 0.00212. The second kappa shape index (κ2) is 6.43. The normalized spacial score (nSPS) is 11.0. The Kier molecular flexibility index (Phi) is 4.18. The lowest BCUT2D eigenvalue weighted by molar-refractivity contribution is -0.121. The topological polar surface area (TPSA) is 83.8 Å². The summed E-state index contributed by atoms with van der Waals surface area (Å²) in [5, 5.41) is 7.76. The van der Waals surface area contributed by atoms with Gasteiger partial charge in [0.1, 0.15) is 0 Å². The van der Waals surface area contributed by atoms with Gasteiger partial charge in [0.15, 0.2) is 5.82 Å². The molecule has 6 nitrogen and oxygen atoms in total. The molecule has 1 amide bonds. The number of nitrogens with one attached hydrogen (secondary N) is 2. The van der Waals surface area contributed by atoms with E-state index in [0.29, 0.717) is 24.7 Å². The number of fused-ring (bicyclic) bond motifs is 1. The molecule has 114 valence electrons. The SMILES string of the molecule is Cc1nc(CNC(=O)CCCc2c[nH]c3ccccc23)no1. The van der Waals surface area contributed by atoms with E-state index in [0.717, 1.165) is 18.4 Å². The van der Waals surface area contributed by atoms with E-state index in [9.17, 15) is 4.79 Å². The van der Waals surface area contributed by atoms with Crippen LogP contribution in [0.2, 0.25) is 0 Å². The van der Waals surface area contributed by atoms with Gasteiger partial charge in [-0.2, -0.15) is 4.98 Å². The average Bonchev–Trinajstić information content (AvgIpc) is 3.12. The van der Waals surface area contributed by atoms with Gasteiger partial charge in [-0.3, -0.25) is 4.79 Å². The molecule has 0 bridgehead atoms. The summed E-state index contributed by atoms with van der Waals surface area (Å²) in [6.45, 7) is 2.03. The van der Waals surface area contributed by atoms with E-state index < -0.39 is 0 Å². The van der Waals surface area contributed by atoms with Gasteiger partial charge in [0.05, 0.1) is 6.54 Å². The Morgan fingerprint density at radius 1 is 1.36 bits per heavy atom. The minimum Gasteiger partial charge on any atom is -0.361 e. The summed E-state index contributed by atoms with van der Waals surface area (Å²) in [6.07, 6.45) is 4.18. The van der Waals surface area contributed by atoms with Crippen LogP contribution in [0.4, 0.5) is 0 Å². The van der Waals surface area contributed by atoms with Crippen LogP contribution in [0.5, 0.6) is 0 Å². The molecule has 0 aliphatic carbocycles. The van der Waals surface area contributed by atoms with Crippen LogP contribution in [0, 0.1) is 6.92 Å². The van der Waals surface area contributed by atoms with E-state index in [1.54, 1.807) is 6.92 Å². The number of hydrogen-bond acceptors (Lipinski definition) is 4. The third-order valence-electron chi connectivity index (χ3n) is 3.54. The number of para-hydroxylation sites is 1. The maximum absolute atomic E-state index is 11.8. The molecular formula is C16H18N4O2. The molecule has 0 saturated carbocycles. The predicted molar refractivity (Wildman–Crippen MR) is 82.1 cm³/mol. The molecule has 1 aromatic carbocycles. The first-order chi connectivity index (χ1) is 10.7.